The number of aliphatic imine (C=N–C) groups is 1. The molecule has 1 N–H and O–H groups in total. The first kappa shape index (κ1) is 18.1. The Bertz CT molecular complexity index is 819. The van der Waals surface area contributed by atoms with Crippen LogP contribution >= 0.6 is 11.6 Å². The smallest absolute Gasteiger partial charge is 0.341 e. The molecule has 3 rings (SSSR count). The maximum Gasteiger partial charge on any atom is 0.341 e. The van der Waals surface area contributed by atoms with Crippen LogP contribution in [0.25, 0.3) is 0 Å². The summed E-state index contributed by atoms with van der Waals surface area (Å²) in [6, 6.07) is 15.8. The van der Waals surface area contributed by atoms with Crippen molar-refractivity contribution in [3.8, 4) is 0 Å². The maximum atomic E-state index is 12.7. The summed E-state index contributed by atoms with van der Waals surface area (Å²) in [5.41, 5.74) is 2.32. The van der Waals surface area contributed by atoms with Gasteiger partial charge >= 0.3 is 12.0 Å². The minimum Gasteiger partial charge on any atom is -0.465 e. The van der Waals surface area contributed by atoms with Gasteiger partial charge in [-0.05, 0) is 30.2 Å². The highest BCUT2D eigenvalue weighted by atomic mass is 35.5. The summed E-state index contributed by atoms with van der Waals surface area (Å²) in [5.74, 6) is -1.06. The number of hydrogen-bond acceptors (Lipinski definition) is 3. The number of urea groups is 1. The molecule has 0 aromatic heterocycles. The second-order valence-corrected chi connectivity index (χ2v) is 6.55. The first-order valence-electron chi connectivity index (χ1n) is 8.36. The fourth-order valence-electron chi connectivity index (χ4n) is 2.98. The predicted octanol–water partition coefficient (Wildman–Crippen LogP) is 3.97. The molecular formula is C20H19ClN2O3. The van der Waals surface area contributed by atoms with Crippen LogP contribution in [0.2, 0.25) is 5.02 Å². The topological polar surface area (TPSA) is 67.8 Å². The molecule has 1 heterocycles. The third kappa shape index (κ3) is 4.29. The van der Waals surface area contributed by atoms with E-state index in [9.17, 15) is 9.59 Å². The van der Waals surface area contributed by atoms with Crippen molar-refractivity contribution in [1.29, 1.82) is 0 Å². The number of rotatable bonds is 5. The van der Waals surface area contributed by atoms with Crippen LogP contribution in [0.4, 0.5) is 4.79 Å². The van der Waals surface area contributed by atoms with E-state index in [1.165, 1.54) is 0 Å². The van der Waals surface area contributed by atoms with E-state index >= 15 is 0 Å². The minimum atomic E-state index is -0.662. The van der Waals surface area contributed by atoms with Crippen LogP contribution in [0, 0.1) is 5.92 Å². The molecule has 0 aliphatic carbocycles. The van der Waals surface area contributed by atoms with Gasteiger partial charge in [0.2, 0.25) is 0 Å². The second kappa shape index (κ2) is 8.15. The highest BCUT2D eigenvalue weighted by Crippen LogP contribution is 2.29. The van der Waals surface area contributed by atoms with Crippen molar-refractivity contribution in [2.75, 3.05) is 6.61 Å². The summed E-state index contributed by atoms with van der Waals surface area (Å²) in [7, 11) is 0. The Morgan fingerprint density at radius 3 is 2.54 bits per heavy atom. The number of carbonyl (C=O) groups is 2. The summed E-state index contributed by atoms with van der Waals surface area (Å²) in [5, 5.41) is 3.34. The number of ether oxygens (including phenoxy) is 1. The van der Waals surface area contributed by atoms with Crippen LogP contribution in [0.3, 0.4) is 0 Å². The van der Waals surface area contributed by atoms with Gasteiger partial charge in [-0.1, -0.05) is 54.1 Å². The maximum absolute atomic E-state index is 12.7. The first-order valence-corrected chi connectivity index (χ1v) is 8.74. The van der Waals surface area contributed by atoms with E-state index in [1.54, 1.807) is 31.2 Å². The number of halogens is 1. The number of nitrogens with one attached hydrogen (secondary N) is 1. The van der Waals surface area contributed by atoms with E-state index in [0.29, 0.717) is 17.2 Å². The molecule has 0 fully saturated rings. The van der Waals surface area contributed by atoms with Gasteiger partial charge in [-0.25, -0.2) is 9.79 Å². The monoisotopic (exact) mass is 370 g/mol. The summed E-state index contributed by atoms with van der Waals surface area (Å²) in [6.07, 6.45) is 0.632. The lowest BCUT2D eigenvalue weighted by Crippen LogP contribution is -2.44. The number of benzene rings is 2. The molecule has 26 heavy (non-hydrogen) atoms. The number of esters is 1. The molecule has 0 saturated heterocycles. The second-order valence-electron chi connectivity index (χ2n) is 6.11. The van der Waals surface area contributed by atoms with Gasteiger partial charge in [0.15, 0.2) is 0 Å². The van der Waals surface area contributed by atoms with Crippen molar-refractivity contribution in [1.82, 2.24) is 5.32 Å². The van der Waals surface area contributed by atoms with Crippen molar-refractivity contribution in [2.24, 2.45) is 10.9 Å². The van der Waals surface area contributed by atoms with Gasteiger partial charge < -0.3 is 10.1 Å². The van der Waals surface area contributed by atoms with Crippen molar-refractivity contribution in [3.63, 3.8) is 0 Å². The SMILES string of the molecule is CC1=NC(=O)NC(c2ccc(Cl)cc2)C1C(=O)OCCc1ccccc1. The Morgan fingerprint density at radius 1 is 1.15 bits per heavy atom. The van der Waals surface area contributed by atoms with Crippen LogP contribution in [-0.2, 0) is 16.0 Å². The summed E-state index contributed by atoms with van der Waals surface area (Å²) in [6.45, 7) is 1.94. The summed E-state index contributed by atoms with van der Waals surface area (Å²) < 4.78 is 5.47. The van der Waals surface area contributed by atoms with Gasteiger partial charge in [0.25, 0.3) is 0 Å². The largest absolute Gasteiger partial charge is 0.465 e. The lowest BCUT2D eigenvalue weighted by atomic mass is 9.88. The van der Waals surface area contributed by atoms with E-state index in [4.69, 9.17) is 16.3 Å². The van der Waals surface area contributed by atoms with Gasteiger partial charge in [0, 0.05) is 17.2 Å². The molecule has 6 heteroatoms. The lowest BCUT2D eigenvalue weighted by molar-refractivity contribution is -0.146. The average Bonchev–Trinajstić information content (AvgIpc) is 2.62. The van der Waals surface area contributed by atoms with Crippen molar-refractivity contribution >= 4 is 29.3 Å². The molecule has 1 aliphatic rings. The fraction of sp³-hybridized carbons (Fsp3) is 0.250. The number of amides is 2. The summed E-state index contributed by atoms with van der Waals surface area (Å²) in [4.78, 5) is 28.4. The molecule has 2 amide bonds. The minimum absolute atomic E-state index is 0.272. The first-order chi connectivity index (χ1) is 12.5. The van der Waals surface area contributed by atoms with Gasteiger partial charge in [0.05, 0.1) is 12.6 Å². The molecular weight excluding hydrogens is 352 g/mol. The number of carbonyl (C=O) groups excluding carboxylic acids is 2. The quantitative estimate of drug-likeness (QED) is 0.810. The van der Waals surface area contributed by atoms with Crippen LogP contribution in [0.5, 0.6) is 0 Å². The fourth-order valence-corrected chi connectivity index (χ4v) is 3.10. The molecule has 134 valence electrons. The van der Waals surface area contributed by atoms with E-state index < -0.39 is 24.0 Å². The molecule has 2 aromatic rings. The van der Waals surface area contributed by atoms with E-state index in [1.807, 2.05) is 30.3 Å². The van der Waals surface area contributed by atoms with E-state index in [2.05, 4.69) is 10.3 Å². The van der Waals surface area contributed by atoms with Crippen molar-refractivity contribution in [3.05, 3.63) is 70.7 Å². The normalized spacial score (nSPS) is 19.5. The zero-order valence-electron chi connectivity index (χ0n) is 14.3. The Hall–Kier alpha value is -2.66. The molecule has 1 aliphatic heterocycles. The molecule has 0 radical (unpaired) electrons. The summed E-state index contributed by atoms with van der Waals surface area (Å²) >= 11 is 5.93. The molecule has 0 spiro atoms. The van der Waals surface area contributed by atoms with Crippen LogP contribution in [0.1, 0.15) is 24.1 Å². The predicted molar refractivity (Wildman–Crippen MR) is 100 cm³/mol. The van der Waals surface area contributed by atoms with Gasteiger partial charge in [-0.2, -0.15) is 0 Å². The number of nitrogens with zero attached hydrogens (tertiary/aromatic N) is 1. The standard InChI is InChI=1S/C20H19ClN2O3/c1-13-17(19(24)26-12-11-14-5-3-2-4-6-14)18(23-20(25)22-13)15-7-9-16(21)10-8-15/h2-10,17-18H,11-12H2,1H3,(H,23,25). The Labute approximate surface area is 157 Å². The molecule has 2 atom stereocenters. The Kier molecular flexibility index (Phi) is 5.68. The van der Waals surface area contributed by atoms with E-state index in [-0.39, 0.29) is 6.61 Å². The third-order valence-electron chi connectivity index (χ3n) is 4.30. The van der Waals surface area contributed by atoms with Gasteiger partial charge in [-0.3, -0.25) is 4.79 Å². The molecule has 0 saturated carbocycles. The van der Waals surface area contributed by atoms with Crippen molar-refractivity contribution in [2.45, 2.75) is 19.4 Å². The lowest BCUT2D eigenvalue weighted by Gasteiger charge is -2.29. The van der Waals surface area contributed by atoms with Crippen LogP contribution in [-0.4, -0.2) is 24.3 Å². The third-order valence-corrected chi connectivity index (χ3v) is 4.55. The molecule has 2 unspecified atom stereocenters. The Balaban J connectivity index is 1.73. The zero-order valence-corrected chi connectivity index (χ0v) is 15.1. The van der Waals surface area contributed by atoms with Gasteiger partial charge in [0.1, 0.15) is 5.92 Å². The Morgan fingerprint density at radius 2 is 1.85 bits per heavy atom. The highest BCUT2D eigenvalue weighted by Gasteiger charge is 2.37. The highest BCUT2D eigenvalue weighted by molar-refractivity contribution is 6.30. The average molecular weight is 371 g/mol. The van der Waals surface area contributed by atoms with E-state index in [0.717, 1.165) is 11.1 Å². The molecule has 2 aromatic carbocycles. The molecule has 0 bridgehead atoms. The van der Waals surface area contributed by atoms with Gasteiger partial charge in [-0.15, -0.1) is 0 Å². The van der Waals surface area contributed by atoms with Crippen LogP contribution in [0.15, 0.2) is 59.6 Å². The zero-order chi connectivity index (χ0) is 18.5. The molecule has 5 nitrogen and oxygen atoms in total. The number of hydrogen-bond donors (Lipinski definition) is 1. The van der Waals surface area contributed by atoms with Crippen LogP contribution < -0.4 is 5.32 Å². The van der Waals surface area contributed by atoms with Crippen molar-refractivity contribution < 1.29 is 14.3 Å².